The van der Waals surface area contributed by atoms with Gasteiger partial charge in [-0.2, -0.15) is 0 Å². The third-order valence-corrected chi connectivity index (χ3v) is 5.56. The summed E-state index contributed by atoms with van der Waals surface area (Å²) < 4.78 is 0. The summed E-state index contributed by atoms with van der Waals surface area (Å²) in [5.74, 6) is 1.16. The minimum absolute atomic E-state index is 0.565. The zero-order valence-electron chi connectivity index (χ0n) is 14.8. The van der Waals surface area contributed by atoms with E-state index in [1.807, 2.05) is 6.20 Å². The van der Waals surface area contributed by atoms with Crippen molar-refractivity contribution in [1.82, 2.24) is 9.88 Å². The Morgan fingerprint density at radius 2 is 1.96 bits per heavy atom. The van der Waals surface area contributed by atoms with Crippen molar-refractivity contribution in [2.24, 2.45) is 0 Å². The molecule has 128 valence electrons. The number of pyridine rings is 1. The van der Waals surface area contributed by atoms with E-state index >= 15 is 0 Å². The van der Waals surface area contributed by atoms with Gasteiger partial charge in [-0.3, -0.25) is 4.90 Å². The maximum Gasteiger partial charge on any atom is 0.130 e. The molecule has 3 nitrogen and oxygen atoms in total. The highest BCUT2D eigenvalue weighted by Crippen LogP contribution is 2.35. The van der Waals surface area contributed by atoms with Gasteiger partial charge in [0.1, 0.15) is 5.82 Å². The smallest absolute Gasteiger partial charge is 0.130 e. The molecule has 0 amide bonds. The van der Waals surface area contributed by atoms with Crippen molar-refractivity contribution in [3.63, 3.8) is 0 Å². The molecule has 0 radical (unpaired) electrons. The van der Waals surface area contributed by atoms with Gasteiger partial charge in [-0.1, -0.05) is 45.1 Å². The number of nitrogens with zero attached hydrogens (tertiary/aromatic N) is 2. The van der Waals surface area contributed by atoms with Crippen LogP contribution in [0.5, 0.6) is 0 Å². The molecule has 1 aromatic rings. The number of anilines is 1. The minimum Gasteiger partial charge on any atom is -0.367 e. The van der Waals surface area contributed by atoms with Crippen LogP contribution in [0.25, 0.3) is 0 Å². The van der Waals surface area contributed by atoms with Gasteiger partial charge in [-0.25, -0.2) is 4.98 Å². The third kappa shape index (κ3) is 4.47. The van der Waals surface area contributed by atoms with Gasteiger partial charge >= 0.3 is 0 Å². The molecule has 0 unspecified atom stereocenters. The Balaban J connectivity index is 1.74. The fourth-order valence-electron chi connectivity index (χ4n) is 4.22. The Bertz CT molecular complexity index is 468. The monoisotopic (exact) mass is 315 g/mol. The summed E-state index contributed by atoms with van der Waals surface area (Å²) in [6, 6.07) is 5.63. The van der Waals surface area contributed by atoms with E-state index in [9.17, 15) is 0 Å². The highest BCUT2D eigenvalue weighted by molar-refractivity contribution is 5.46. The molecule has 1 aliphatic carbocycles. The lowest BCUT2D eigenvalue weighted by Crippen LogP contribution is -2.35. The van der Waals surface area contributed by atoms with E-state index in [-0.39, 0.29) is 0 Å². The van der Waals surface area contributed by atoms with E-state index in [0.717, 1.165) is 5.82 Å². The molecule has 0 spiro atoms. The van der Waals surface area contributed by atoms with Crippen molar-refractivity contribution in [1.29, 1.82) is 0 Å². The zero-order valence-corrected chi connectivity index (χ0v) is 14.8. The Labute approximate surface area is 141 Å². The van der Waals surface area contributed by atoms with Crippen LogP contribution in [0.2, 0.25) is 0 Å². The molecule has 2 fully saturated rings. The van der Waals surface area contributed by atoms with Crippen LogP contribution in [-0.2, 0) is 0 Å². The van der Waals surface area contributed by atoms with E-state index in [4.69, 9.17) is 4.98 Å². The van der Waals surface area contributed by atoms with E-state index in [0.29, 0.717) is 12.1 Å². The number of hydrogen-bond donors (Lipinski definition) is 1. The predicted molar refractivity (Wildman–Crippen MR) is 97.8 cm³/mol. The minimum atomic E-state index is 0.565. The summed E-state index contributed by atoms with van der Waals surface area (Å²) in [6.07, 6.45) is 15.3. The van der Waals surface area contributed by atoms with Crippen LogP contribution in [0.3, 0.4) is 0 Å². The van der Waals surface area contributed by atoms with Gasteiger partial charge in [0.15, 0.2) is 0 Å². The normalized spacial score (nSPS) is 23.8. The van der Waals surface area contributed by atoms with Crippen LogP contribution < -0.4 is 5.32 Å². The van der Waals surface area contributed by atoms with Gasteiger partial charge in [0.05, 0.1) is 0 Å². The second-order valence-corrected chi connectivity index (χ2v) is 7.32. The van der Waals surface area contributed by atoms with Gasteiger partial charge in [0.2, 0.25) is 0 Å². The lowest BCUT2D eigenvalue weighted by molar-refractivity contribution is 0.147. The molecule has 3 rings (SSSR count). The van der Waals surface area contributed by atoms with Crippen molar-refractivity contribution in [3.05, 3.63) is 23.9 Å². The molecular formula is C20H33N3. The second-order valence-electron chi connectivity index (χ2n) is 7.32. The number of unbranched alkanes of at least 4 members (excludes halogenated alkanes) is 1. The molecular weight excluding hydrogens is 282 g/mol. The number of aromatic nitrogens is 1. The number of likely N-dealkylation sites (tertiary alicyclic amines) is 1. The highest BCUT2D eigenvalue weighted by atomic mass is 15.2. The molecule has 1 aromatic heterocycles. The van der Waals surface area contributed by atoms with Gasteiger partial charge in [0.25, 0.3) is 0 Å². The molecule has 1 saturated carbocycles. The molecule has 1 N–H and O–H groups in total. The lowest BCUT2D eigenvalue weighted by Gasteiger charge is -2.37. The Hall–Kier alpha value is -1.09. The average Bonchev–Trinajstić information content (AvgIpc) is 2.62. The maximum absolute atomic E-state index is 4.72. The summed E-state index contributed by atoms with van der Waals surface area (Å²) in [6.45, 7) is 4.78. The van der Waals surface area contributed by atoms with Crippen LogP contribution in [0.4, 0.5) is 5.82 Å². The Morgan fingerprint density at radius 1 is 1.13 bits per heavy atom. The molecule has 2 heterocycles. The van der Waals surface area contributed by atoms with E-state index in [1.54, 1.807) is 0 Å². The summed E-state index contributed by atoms with van der Waals surface area (Å²) in [7, 11) is 0. The largest absolute Gasteiger partial charge is 0.367 e. The summed E-state index contributed by atoms with van der Waals surface area (Å²) in [5, 5.41) is 3.79. The standard InChI is InChI=1S/C20H33N3/c1-2-3-15-23-16-8-7-13-19(23)18-12-9-14-21-20(18)22-17-10-5-4-6-11-17/h9,12,14,17,19H,2-8,10-11,13,15-16H2,1H3,(H,21,22)/t19-/m0/s1. The van der Waals surface area contributed by atoms with Crippen molar-refractivity contribution in [2.45, 2.75) is 83.2 Å². The van der Waals surface area contributed by atoms with E-state index in [2.05, 4.69) is 29.3 Å². The molecule has 1 atom stereocenters. The van der Waals surface area contributed by atoms with Crippen molar-refractivity contribution in [2.75, 3.05) is 18.4 Å². The number of piperidine rings is 1. The Morgan fingerprint density at radius 3 is 2.78 bits per heavy atom. The van der Waals surface area contributed by atoms with Crippen LogP contribution >= 0.6 is 0 Å². The fourth-order valence-corrected chi connectivity index (χ4v) is 4.22. The third-order valence-electron chi connectivity index (χ3n) is 5.56. The van der Waals surface area contributed by atoms with Crippen molar-refractivity contribution >= 4 is 5.82 Å². The predicted octanol–water partition coefficient (Wildman–Crippen LogP) is 5.15. The number of nitrogens with one attached hydrogen (secondary N) is 1. The molecule has 0 bridgehead atoms. The second kappa shape index (κ2) is 8.68. The highest BCUT2D eigenvalue weighted by Gasteiger charge is 2.26. The SMILES string of the molecule is CCCCN1CCCC[C@H]1c1cccnc1NC1CCCCC1. The first kappa shape index (κ1) is 16.8. The quantitative estimate of drug-likeness (QED) is 0.786. The van der Waals surface area contributed by atoms with Crippen LogP contribution in [0.15, 0.2) is 18.3 Å². The fraction of sp³-hybridized carbons (Fsp3) is 0.750. The first-order valence-electron chi connectivity index (χ1n) is 9.84. The first-order chi connectivity index (χ1) is 11.4. The Kier molecular flexibility index (Phi) is 6.32. The van der Waals surface area contributed by atoms with Crippen LogP contribution in [0.1, 0.15) is 82.7 Å². The molecule has 1 saturated heterocycles. The topological polar surface area (TPSA) is 28.2 Å². The average molecular weight is 316 g/mol. The van der Waals surface area contributed by atoms with E-state index < -0.39 is 0 Å². The molecule has 23 heavy (non-hydrogen) atoms. The molecule has 0 aromatic carbocycles. The summed E-state index contributed by atoms with van der Waals surface area (Å²) in [5.41, 5.74) is 1.44. The molecule has 3 heteroatoms. The van der Waals surface area contributed by atoms with E-state index in [1.165, 1.54) is 82.9 Å². The van der Waals surface area contributed by atoms with Gasteiger partial charge in [0, 0.05) is 23.8 Å². The van der Waals surface area contributed by atoms with Crippen molar-refractivity contribution in [3.8, 4) is 0 Å². The summed E-state index contributed by atoms with van der Waals surface area (Å²) in [4.78, 5) is 7.43. The number of hydrogen-bond acceptors (Lipinski definition) is 3. The van der Waals surface area contributed by atoms with Gasteiger partial charge < -0.3 is 5.32 Å². The molecule has 2 aliphatic rings. The van der Waals surface area contributed by atoms with Crippen LogP contribution in [-0.4, -0.2) is 29.0 Å². The lowest BCUT2D eigenvalue weighted by atomic mass is 9.93. The molecule has 1 aliphatic heterocycles. The first-order valence-corrected chi connectivity index (χ1v) is 9.84. The summed E-state index contributed by atoms with van der Waals surface area (Å²) >= 11 is 0. The van der Waals surface area contributed by atoms with Crippen molar-refractivity contribution < 1.29 is 0 Å². The zero-order chi connectivity index (χ0) is 15.9. The van der Waals surface area contributed by atoms with Gasteiger partial charge in [-0.05, 0) is 51.3 Å². The van der Waals surface area contributed by atoms with Crippen LogP contribution in [0, 0.1) is 0 Å². The number of rotatable bonds is 6. The van der Waals surface area contributed by atoms with Gasteiger partial charge in [-0.15, -0.1) is 0 Å². The maximum atomic E-state index is 4.72.